The fourth-order valence-corrected chi connectivity index (χ4v) is 4.10. The van der Waals surface area contributed by atoms with Crippen LogP contribution in [0.4, 0.5) is 0 Å². The van der Waals surface area contributed by atoms with E-state index < -0.39 is 0 Å². The molecule has 18 heavy (non-hydrogen) atoms. The van der Waals surface area contributed by atoms with Crippen molar-refractivity contribution in [2.45, 2.75) is 55.7 Å². The van der Waals surface area contributed by atoms with E-state index in [4.69, 9.17) is 11.6 Å². The fraction of sp³-hybridized carbons (Fsp3) is 0.600. The quantitative estimate of drug-likeness (QED) is 0.747. The molecule has 2 rings (SSSR count). The molecule has 0 amide bonds. The van der Waals surface area contributed by atoms with E-state index in [-0.39, 0.29) is 0 Å². The van der Waals surface area contributed by atoms with Gasteiger partial charge in [0.25, 0.3) is 0 Å². The summed E-state index contributed by atoms with van der Waals surface area (Å²) in [7, 11) is 0. The van der Waals surface area contributed by atoms with Crippen molar-refractivity contribution in [1.29, 1.82) is 0 Å². The van der Waals surface area contributed by atoms with Gasteiger partial charge in [-0.2, -0.15) is 0 Å². The molecular weight excluding hydrogens is 262 g/mol. The molecule has 1 fully saturated rings. The minimum absolute atomic E-state index is 0.799. The standard InChI is InChI=1S/C15H22ClNS/c1-2-10-17-11-13-14(16)8-5-9-15(13)18-12-6-3-4-7-12/h5,8-9,12,17H,2-4,6-7,10-11H2,1H3. The van der Waals surface area contributed by atoms with Crippen molar-refractivity contribution >= 4 is 23.4 Å². The van der Waals surface area contributed by atoms with E-state index in [1.54, 1.807) is 0 Å². The summed E-state index contributed by atoms with van der Waals surface area (Å²) in [5.41, 5.74) is 1.28. The van der Waals surface area contributed by atoms with Crippen LogP contribution in [0.3, 0.4) is 0 Å². The summed E-state index contributed by atoms with van der Waals surface area (Å²) in [6.07, 6.45) is 6.66. The maximum Gasteiger partial charge on any atom is 0.0462 e. The second-order valence-electron chi connectivity index (χ2n) is 4.92. The van der Waals surface area contributed by atoms with Gasteiger partial charge in [-0.1, -0.05) is 37.4 Å². The van der Waals surface area contributed by atoms with Crippen LogP contribution in [0.25, 0.3) is 0 Å². The van der Waals surface area contributed by atoms with Gasteiger partial charge in [-0.3, -0.25) is 0 Å². The lowest BCUT2D eigenvalue weighted by Gasteiger charge is -2.15. The Morgan fingerprint density at radius 3 is 2.83 bits per heavy atom. The number of thioether (sulfide) groups is 1. The molecule has 0 heterocycles. The highest BCUT2D eigenvalue weighted by atomic mass is 35.5. The minimum atomic E-state index is 0.799. The van der Waals surface area contributed by atoms with Gasteiger partial charge in [-0.15, -0.1) is 11.8 Å². The van der Waals surface area contributed by atoms with Crippen molar-refractivity contribution in [1.82, 2.24) is 5.32 Å². The van der Waals surface area contributed by atoms with Crippen LogP contribution in [-0.2, 0) is 6.54 Å². The monoisotopic (exact) mass is 283 g/mol. The number of nitrogens with one attached hydrogen (secondary N) is 1. The molecule has 0 saturated heterocycles. The molecule has 0 unspecified atom stereocenters. The van der Waals surface area contributed by atoms with Gasteiger partial charge in [-0.25, -0.2) is 0 Å². The zero-order valence-electron chi connectivity index (χ0n) is 11.0. The van der Waals surface area contributed by atoms with Gasteiger partial charge in [0.15, 0.2) is 0 Å². The molecule has 1 saturated carbocycles. The van der Waals surface area contributed by atoms with Gasteiger partial charge in [0.05, 0.1) is 0 Å². The summed E-state index contributed by atoms with van der Waals surface area (Å²) in [4.78, 5) is 1.37. The summed E-state index contributed by atoms with van der Waals surface area (Å²) >= 11 is 8.37. The third-order valence-corrected chi connectivity index (χ3v) is 5.20. The van der Waals surface area contributed by atoms with E-state index in [0.29, 0.717) is 0 Å². The van der Waals surface area contributed by atoms with Crippen LogP contribution in [-0.4, -0.2) is 11.8 Å². The Morgan fingerprint density at radius 2 is 2.11 bits per heavy atom. The number of rotatable bonds is 6. The molecule has 0 aliphatic heterocycles. The van der Waals surface area contributed by atoms with E-state index in [2.05, 4.69) is 24.4 Å². The van der Waals surface area contributed by atoms with Gasteiger partial charge < -0.3 is 5.32 Å². The van der Waals surface area contributed by atoms with Crippen molar-refractivity contribution in [2.75, 3.05) is 6.54 Å². The van der Waals surface area contributed by atoms with Gasteiger partial charge in [0.2, 0.25) is 0 Å². The second kappa shape index (κ2) is 7.42. The van der Waals surface area contributed by atoms with Crippen LogP contribution >= 0.6 is 23.4 Å². The molecule has 1 N–H and O–H groups in total. The molecule has 1 aromatic carbocycles. The lowest BCUT2D eigenvalue weighted by molar-refractivity contribution is 0.669. The Morgan fingerprint density at radius 1 is 1.33 bits per heavy atom. The highest BCUT2D eigenvalue weighted by Gasteiger charge is 2.18. The number of hydrogen-bond donors (Lipinski definition) is 1. The normalized spacial score (nSPS) is 16.3. The molecule has 100 valence electrons. The lowest BCUT2D eigenvalue weighted by atomic mass is 10.2. The Labute approximate surface area is 120 Å². The summed E-state index contributed by atoms with van der Waals surface area (Å²) in [5.74, 6) is 0. The first-order valence-electron chi connectivity index (χ1n) is 6.96. The van der Waals surface area contributed by atoms with E-state index in [9.17, 15) is 0 Å². The van der Waals surface area contributed by atoms with Crippen LogP contribution in [0.2, 0.25) is 5.02 Å². The predicted molar refractivity (Wildman–Crippen MR) is 81.6 cm³/mol. The smallest absolute Gasteiger partial charge is 0.0462 e. The zero-order valence-corrected chi connectivity index (χ0v) is 12.6. The Balaban J connectivity index is 2.04. The van der Waals surface area contributed by atoms with Crippen LogP contribution in [0.1, 0.15) is 44.6 Å². The highest BCUT2D eigenvalue weighted by molar-refractivity contribution is 8.00. The van der Waals surface area contributed by atoms with Gasteiger partial charge in [0, 0.05) is 21.7 Å². The number of halogens is 1. The summed E-state index contributed by atoms with van der Waals surface area (Å²) < 4.78 is 0. The molecule has 0 spiro atoms. The van der Waals surface area contributed by atoms with Crippen molar-refractivity contribution in [3.8, 4) is 0 Å². The zero-order chi connectivity index (χ0) is 12.8. The molecule has 3 heteroatoms. The van der Waals surface area contributed by atoms with Crippen molar-refractivity contribution in [3.05, 3.63) is 28.8 Å². The van der Waals surface area contributed by atoms with Crippen molar-refractivity contribution in [3.63, 3.8) is 0 Å². The Hall–Kier alpha value is -0.180. The van der Waals surface area contributed by atoms with Gasteiger partial charge in [-0.05, 0) is 43.5 Å². The average Bonchev–Trinajstić information content (AvgIpc) is 2.86. The van der Waals surface area contributed by atoms with Crippen LogP contribution < -0.4 is 5.32 Å². The van der Waals surface area contributed by atoms with E-state index in [1.807, 2.05) is 17.8 Å². The lowest BCUT2D eigenvalue weighted by Crippen LogP contribution is -2.15. The third kappa shape index (κ3) is 3.91. The van der Waals surface area contributed by atoms with Crippen LogP contribution in [0, 0.1) is 0 Å². The number of benzene rings is 1. The van der Waals surface area contributed by atoms with Crippen molar-refractivity contribution in [2.24, 2.45) is 0 Å². The molecule has 0 bridgehead atoms. The Kier molecular flexibility index (Phi) is 5.87. The second-order valence-corrected chi connectivity index (χ2v) is 6.67. The first kappa shape index (κ1) is 14.2. The molecule has 1 aromatic rings. The van der Waals surface area contributed by atoms with Gasteiger partial charge in [0.1, 0.15) is 0 Å². The minimum Gasteiger partial charge on any atom is -0.313 e. The topological polar surface area (TPSA) is 12.0 Å². The fourth-order valence-electron chi connectivity index (χ4n) is 2.40. The molecule has 1 aliphatic rings. The predicted octanol–water partition coefficient (Wildman–Crippen LogP) is 4.87. The summed E-state index contributed by atoms with van der Waals surface area (Å²) in [6.45, 7) is 4.13. The third-order valence-electron chi connectivity index (χ3n) is 3.40. The van der Waals surface area contributed by atoms with E-state index in [0.717, 1.165) is 29.8 Å². The average molecular weight is 284 g/mol. The molecule has 0 aromatic heterocycles. The summed E-state index contributed by atoms with van der Waals surface area (Å²) in [6, 6.07) is 6.30. The largest absolute Gasteiger partial charge is 0.313 e. The van der Waals surface area contributed by atoms with Crippen molar-refractivity contribution < 1.29 is 0 Å². The first-order chi connectivity index (χ1) is 8.81. The SMILES string of the molecule is CCCNCc1c(Cl)cccc1SC1CCCC1. The maximum absolute atomic E-state index is 6.34. The highest BCUT2D eigenvalue weighted by Crippen LogP contribution is 2.37. The molecular formula is C15H22ClNS. The molecule has 1 nitrogen and oxygen atoms in total. The van der Waals surface area contributed by atoms with E-state index >= 15 is 0 Å². The molecule has 0 atom stereocenters. The summed E-state index contributed by atoms with van der Waals surface area (Å²) in [5, 5.41) is 5.16. The van der Waals surface area contributed by atoms with Gasteiger partial charge >= 0.3 is 0 Å². The Bertz CT molecular complexity index is 375. The molecule has 1 aliphatic carbocycles. The van der Waals surface area contributed by atoms with Crippen LogP contribution in [0.15, 0.2) is 23.1 Å². The number of hydrogen-bond acceptors (Lipinski definition) is 2. The molecule has 0 radical (unpaired) electrons. The van der Waals surface area contributed by atoms with Crippen LogP contribution in [0.5, 0.6) is 0 Å². The maximum atomic E-state index is 6.34. The van der Waals surface area contributed by atoms with E-state index in [1.165, 1.54) is 36.1 Å². The first-order valence-corrected chi connectivity index (χ1v) is 8.21.